The monoisotopic (exact) mass is 254 g/mol. The Kier molecular flexibility index (Phi) is 3.59. The number of nitrogens with zero attached hydrogens (tertiary/aromatic N) is 2. The lowest BCUT2D eigenvalue weighted by Crippen LogP contribution is -2.51. The highest BCUT2D eigenvalue weighted by Gasteiger charge is 2.43. The van der Waals surface area contributed by atoms with Crippen molar-refractivity contribution >= 4 is 11.9 Å². The van der Waals surface area contributed by atoms with Crippen LogP contribution in [0.2, 0.25) is 0 Å². The molecule has 0 aromatic heterocycles. The van der Waals surface area contributed by atoms with Gasteiger partial charge >= 0.3 is 6.03 Å². The maximum atomic E-state index is 12.0. The van der Waals surface area contributed by atoms with Gasteiger partial charge in [0.25, 0.3) is 5.91 Å². The van der Waals surface area contributed by atoms with Crippen LogP contribution in [0.1, 0.15) is 20.8 Å². The second-order valence-electron chi connectivity index (χ2n) is 5.67. The zero-order valence-corrected chi connectivity index (χ0v) is 11.3. The number of urea groups is 1. The van der Waals surface area contributed by atoms with Crippen LogP contribution in [0.3, 0.4) is 0 Å². The molecule has 0 radical (unpaired) electrons. The van der Waals surface area contributed by atoms with Crippen molar-refractivity contribution in [1.29, 1.82) is 0 Å². The van der Waals surface area contributed by atoms with Gasteiger partial charge in [0.1, 0.15) is 5.54 Å². The van der Waals surface area contributed by atoms with E-state index in [0.29, 0.717) is 12.6 Å². The molecule has 0 aromatic carbocycles. The van der Waals surface area contributed by atoms with E-state index in [1.54, 1.807) is 13.8 Å². The molecular weight excluding hydrogens is 232 g/mol. The number of hydrogen-bond acceptors (Lipinski definition) is 4. The molecule has 2 heterocycles. The van der Waals surface area contributed by atoms with Crippen LogP contribution in [0, 0.1) is 0 Å². The molecule has 2 rings (SSSR count). The molecule has 0 saturated carbocycles. The van der Waals surface area contributed by atoms with Gasteiger partial charge in [-0.1, -0.05) is 0 Å². The second kappa shape index (κ2) is 4.85. The topological polar surface area (TPSA) is 64.7 Å². The van der Waals surface area contributed by atoms with E-state index in [1.165, 1.54) is 4.90 Å². The normalized spacial score (nSPS) is 28.6. The lowest BCUT2D eigenvalue weighted by atomic mass is 10.1. The lowest BCUT2D eigenvalue weighted by Gasteiger charge is -2.32. The molecule has 0 unspecified atom stereocenters. The summed E-state index contributed by atoms with van der Waals surface area (Å²) in [6.45, 7) is 9.74. The van der Waals surface area contributed by atoms with Crippen LogP contribution in [0.15, 0.2) is 0 Å². The Morgan fingerprint density at radius 1 is 1.33 bits per heavy atom. The molecule has 0 bridgehead atoms. The lowest BCUT2D eigenvalue weighted by molar-refractivity contribution is -0.130. The van der Waals surface area contributed by atoms with Crippen molar-refractivity contribution in [1.82, 2.24) is 20.4 Å². The molecule has 2 fully saturated rings. The molecule has 2 N–H and O–H groups in total. The van der Waals surface area contributed by atoms with Crippen molar-refractivity contribution in [3.8, 4) is 0 Å². The summed E-state index contributed by atoms with van der Waals surface area (Å²) < 4.78 is 0. The summed E-state index contributed by atoms with van der Waals surface area (Å²) in [5.74, 6) is -0.129. The smallest absolute Gasteiger partial charge is 0.324 e. The van der Waals surface area contributed by atoms with Crippen molar-refractivity contribution in [3.63, 3.8) is 0 Å². The highest BCUT2D eigenvalue weighted by molar-refractivity contribution is 6.06. The van der Waals surface area contributed by atoms with Gasteiger partial charge in [0.2, 0.25) is 0 Å². The van der Waals surface area contributed by atoms with E-state index < -0.39 is 5.54 Å². The van der Waals surface area contributed by atoms with Gasteiger partial charge in [0.15, 0.2) is 0 Å². The van der Waals surface area contributed by atoms with Crippen LogP contribution in [0.5, 0.6) is 0 Å². The molecule has 1 atom stereocenters. The number of imide groups is 1. The summed E-state index contributed by atoms with van der Waals surface area (Å²) >= 11 is 0. The highest BCUT2D eigenvalue weighted by Crippen LogP contribution is 2.16. The third-order valence-electron chi connectivity index (χ3n) is 3.54. The number of amides is 3. The van der Waals surface area contributed by atoms with Crippen molar-refractivity contribution in [2.45, 2.75) is 32.4 Å². The van der Waals surface area contributed by atoms with E-state index in [4.69, 9.17) is 0 Å². The zero-order valence-electron chi connectivity index (χ0n) is 11.3. The quantitative estimate of drug-likeness (QED) is 0.673. The van der Waals surface area contributed by atoms with E-state index >= 15 is 0 Å². The summed E-state index contributed by atoms with van der Waals surface area (Å²) in [4.78, 5) is 27.3. The number of carbonyl (C=O) groups excluding carboxylic acids is 2. The third-order valence-corrected chi connectivity index (χ3v) is 3.54. The largest absolute Gasteiger partial charge is 0.325 e. The summed E-state index contributed by atoms with van der Waals surface area (Å²) in [6, 6.07) is 0.200. The average molecular weight is 254 g/mol. The first kappa shape index (κ1) is 13.3. The van der Waals surface area contributed by atoms with Gasteiger partial charge < -0.3 is 10.6 Å². The third kappa shape index (κ3) is 2.64. The first-order valence-corrected chi connectivity index (χ1v) is 6.50. The predicted molar refractivity (Wildman–Crippen MR) is 68.2 cm³/mol. The minimum Gasteiger partial charge on any atom is -0.324 e. The van der Waals surface area contributed by atoms with E-state index in [9.17, 15) is 9.59 Å². The molecule has 6 nitrogen and oxygen atoms in total. The Hall–Kier alpha value is -1.14. The summed E-state index contributed by atoms with van der Waals surface area (Å²) in [7, 11) is 0. The second-order valence-corrected chi connectivity index (χ2v) is 5.67. The van der Waals surface area contributed by atoms with Gasteiger partial charge in [-0.15, -0.1) is 0 Å². The van der Waals surface area contributed by atoms with Gasteiger partial charge in [0.05, 0.1) is 0 Å². The van der Waals surface area contributed by atoms with Crippen molar-refractivity contribution in [3.05, 3.63) is 0 Å². The van der Waals surface area contributed by atoms with Gasteiger partial charge in [0, 0.05) is 38.8 Å². The van der Waals surface area contributed by atoms with E-state index in [2.05, 4.69) is 22.5 Å². The number of carbonyl (C=O) groups is 2. The first-order valence-electron chi connectivity index (χ1n) is 6.50. The van der Waals surface area contributed by atoms with Crippen molar-refractivity contribution < 1.29 is 9.59 Å². The molecule has 2 saturated heterocycles. The van der Waals surface area contributed by atoms with E-state index in [1.807, 2.05) is 0 Å². The van der Waals surface area contributed by atoms with Crippen LogP contribution in [0.25, 0.3) is 0 Å². The standard InChI is InChI=1S/C12H22N4O2/c1-9-8-15(5-4-13-9)6-7-16-10(17)12(2,3)14-11(16)18/h9,13H,4-8H2,1-3H3,(H,14,18)/t9-/m1/s1. The minimum absolute atomic E-state index is 0.129. The molecule has 0 spiro atoms. The van der Waals surface area contributed by atoms with Crippen LogP contribution in [-0.2, 0) is 4.79 Å². The predicted octanol–water partition coefficient (Wildman–Crippen LogP) is -0.389. The summed E-state index contributed by atoms with van der Waals surface area (Å²) in [5, 5.41) is 6.07. The van der Waals surface area contributed by atoms with Crippen LogP contribution in [-0.4, -0.2) is 66.0 Å². The van der Waals surface area contributed by atoms with Crippen LogP contribution in [0.4, 0.5) is 4.79 Å². The fraction of sp³-hybridized carbons (Fsp3) is 0.833. The maximum Gasteiger partial charge on any atom is 0.325 e. The van der Waals surface area contributed by atoms with Gasteiger partial charge in [-0.2, -0.15) is 0 Å². The zero-order chi connectivity index (χ0) is 13.3. The Bertz CT molecular complexity index is 356. The Morgan fingerprint density at radius 3 is 2.61 bits per heavy atom. The highest BCUT2D eigenvalue weighted by atomic mass is 16.2. The number of piperazine rings is 1. The first-order chi connectivity index (χ1) is 8.40. The van der Waals surface area contributed by atoms with E-state index in [-0.39, 0.29) is 11.9 Å². The van der Waals surface area contributed by atoms with Gasteiger partial charge in [-0.05, 0) is 20.8 Å². The Morgan fingerprint density at radius 2 is 2.06 bits per heavy atom. The van der Waals surface area contributed by atoms with Crippen molar-refractivity contribution in [2.24, 2.45) is 0 Å². The van der Waals surface area contributed by atoms with Gasteiger partial charge in [-0.25, -0.2) is 4.79 Å². The van der Waals surface area contributed by atoms with Crippen molar-refractivity contribution in [2.75, 3.05) is 32.7 Å². The molecule has 18 heavy (non-hydrogen) atoms. The molecule has 0 aromatic rings. The minimum atomic E-state index is -0.756. The Labute approximate surface area is 108 Å². The molecule has 2 aliphatic heterocycles. The van der Waals surface area contributed by atoms with Crippen LogP contribution < -0.4 is 10.6 Å². The number of rotatable bonds is 3. The fourth-order valence-electron chi connectivity index (χ4n) is 2.48. The maximum absolute atomic E-state index is 12.0. The number of hydrogen-bond donors (Lipinski definition) is 2. The Balaban J connectivity index is 1.87. The summed E-state index contributed by atoms with van der Waals surface area (Å²) in [6.07, 6.45) is 0. The molecule has 0 aliphatic carbocycles. The molecule has 6 heteroatoms. The number of nitrogens with one attached hydrogen (secondary N) is 2. The molecule has 3 amide bonds. The van der Waals surface area contributed by atoms with Gasteiger partial charge in [-0.3, -0.25) is 14.6 Å². The SMILES string of the molecule is C[C@@H]1CN(CCN2C(=O)NC(C)(C)C2=O)CCN1. The molecule has 102 valence electrons. The average Bonchev–Trinajstić information content (AvgIpc) is 2.46. The fourth-order valence-corrected chi connectivity index (χ4v) is 2.48. The molecule has 2 aliphatic rings. The molecular formula is C12H22N4O2. The van der Waals surface area contributed by atoms with E-state index in [0.717, 1.165) is 26.2 Å². The summed E-state index contributed by atoms with van der Waals surface area (Å²) in [5.41, 5.74) is -0.756. The van der Waals surface area contributed by atoms with Crippen LogP contribution >= 0.6 is 0 Å².